The van der Waals surface area contributed by atoms with E-state index in [1.165, 1.54) is 12.1 Å². The topological polar surface area (TPSA) is 64.3 Å². The molecular formula is C17H19F3N4OS. The zero-order valence-corrected chi connectivity index (χ0v) is 14.8. The Morgan fingerprint density at radius 1 is 1.15 bits per heavy atom. The van der Waals surface area contributed by atoms with Gasteiger partial charge in [-0.1, -0.05) is 23.9 Å². The quantitative estimate of drug-likeness (QED) is 0.848. The summed E-state index contributed by atoms with van der Waals surface area (Å²) in [5.41, 5.74) is 5.70. The molecule has 140 valence electrons. The lowest BCUT2D eigenvalue weighted by molar-refractivity contribution is -0.275. The van der Waals surface area contributed by atoms with Crippen LogP contribution in [0, 0.1) is 5.92 Å². The first-order valence-corrected chi connectivity index (χ1v) is 9.06. The number of ether oxygens (including phenoxy) is 1. The van der Waals surface area contributed by atoms with Gasteiger partial charge in [-0.2, -0.15) is 0 Å². The third-order valence-electron chi connectivity index (χ3n) is 4.18. The van der Waals surface area contributed by atoms with Crippen LogP contribution in [-0.4, -0.2) is 36.0 Å². The summed E-state index contributed by atoms with van der Waals surface area (Å²) in [5, 5.41) is 0.504. The molecule has 2 N–H and O–H groups in total. The van der Waals surface area contributed by atoms with E-state index in [1.54, 1.807) is 24.5 Å². The van der Waals surface area contributed by atoms with E-state index in [9.17, 15) is 13.2 Å². The number of para-hydroxylation sites is 1. The van der Waals surface area contributed by atoms with Crippen LogP contribution in [0.1, 0.15) is 12.8 Å². The highest BCUT2D eigenvalue weighted by Crippen LogP contribution is 2.36. The molecule has 0 amide bonds. The molecule has 5 nitrogen and oxygen atoms in total. The van der Waals surface area contributed by atoms with Crippen LogP contribution < -0.4 is 15.4 Å². The number of halogens is 3. The van der Waals surface area contributed by atoms with Crippen LogP contribution in [0.15, 0.2) is 46.6 Å². The third-order valence-corrected chi connectivity index (χ3v) is 5.15. The Morgan fingerprint density at radius 3 is 2.50 bits per heavy atom. The zero-order chi connectivity index (χ0) is 18.6. The standard InChI is InChI=1S/C17H19F3N4OS/c18-17(19,20)25-13-3-1-2-4-14(13)26-16-11-22-15(10-23-16)24-7-5-12(9-21)6-8-24/h1-4,10-12H,5-9,21H2. The first-order chi connectivity index (χ1) is 12.4. The number of piperidine rings is 1. The van der Waals surface area contributed by atoms with Gasteiger partial charge in [-0.3, -0.25) is 0 Å². The zero-order valence-electron chi connectivity index (χ0n) is 13.9. The fourth-order valence-corrected chi connectivity index (χ4v) is 3.57. The molecule has 0 spiro atoms. The maximum Gasteiger partial charge on any atom is 0.573 e. The Balaban J connectivity index is 1.67. The average Bonchev–Trinajstić information content (AvgIpc) is 2.63. The van der Waals surface area contributed by atoms with E-state index in [0.717, 1.165) is 43.5 Å². The van der Waals surface area contributed by atoms with Crippen molar-refractivity contribution in [2.75, 3.05) is 24.5 Å². The lowest BCUT2D eigenvalue weighted by Crippen LogP contribution is -2.36. The second kappa shape index (κ2) is 8.13. The maximum absolute atomic E-state index is 12.5. The van der Waals surface area contributed by atoms with Crippen molar-refractivity contribution in [1.82, 2.24) is 9.97 Å². The lowest BCUT2D eigenvalue weighted by atomic mass is 9.97. The minimum absolute atomic E-state index is 0.250. The Kier molecular flexibility index (Phi) is 5.87. The summed E-state index contributed by atoms with van der Waals surface area (Å²) in [4.78, 5) is 11.2. The summed E-state index contributed by atoms with van der Waals surface area (Å²) in [6.45, 7) is 2.46. The molecule has 0 unspecified atom stereocenters. The van der Waals surface area contributed by atoms with E-state index in [1.807, 2.05) is 0 Å². The van der Waals surface area contributed by atoms with E-state index in [4.69, 9.17) is 5.73 Å². The molecule has 0 aliphatic carbocycles. The van der Waals surface area contributed by atoms with Gasteiger partial charge < -0.3 is 15.4 Å². The highest BCUT2D eigenvalue weighted by atomic mass is 32.2. The van der Waals surface area contributed by atoms with Gasteiger partial charge in [0.15, 0.2) is 0 Å². The number of aromatic nitrogens is 2. The summed E-state index contributed by atoms with van der Waals surface area (Å²) in [6.07, 6.45) is 0.535. The SMILES string of the molecule is NCC1CCN(c2cnc(Sc3ccccc3OC(F)(F)F)cn2)CC1. The second-order valence-electron chi connectivity index (χ2n) is 5.98. The minimum Gasteiger partial charge on any atom is -0.405 e. The molecule has 1 aliphatic rings. The molecule has 2 heterocycles. The molecule has 0 atom stereocenters. The minimum atomic E-state index is -4.73. The van der Waals surface area contributed by atoms with Crippen molar-refractivity contribution in [3.63, 3.8) is 0 Å². The van der Waals surface area contributed by atoms with E-state index in [2.05, 4.69) is 19.6 Å². The van der Waals surface area contributed by atoms with Crippen LogP contribution >= 0.6 is 11.8 Å². The molecule has 1 fully saturated rings. The number of nitrogens with two attached hydrogens (primary N) is 1. The molecule has 1 aromatic carbocycles. The van der Waals surface area contributed by atoms with Gasteiger partial charge in [0.2, 0.25) is 0 Å². The normalized spacial score (nSPS) is 15.9. The van der Waals surface area contributed by atoms with Gasteiger partial charge in [-0.25, -0.2) is 9.97 Å². The molecular weight excluding hydrogens is 365 g/mol. The first kappa shape index (κ1) is 18.8. The molecule has 26 heavy (non-hydrogen) atoms. The fraction of sp³-hybridized carbons (Fsp3) is 0.412. The van der Waals surface area contributed by atoms with Gasteiger partial charge in [-0.15, -0.1) is 13.2 Å². The maximum atomic E-state index is 12.5. The van der Waals surface area contributed by atoms with Crippen molar-refractivity contribution in [2.45, 2.75) is 29.1 Å². The molecule has 2 aromatic rings. The molecule has 0 bridgehead atoms. The predicted octanol–water partition coefficient (Wildman–Crippen LogP) is 3.70. The summed E-state index contributed by atoms with van der Waals surface area (Å²) in [6, 6.07) is 5.97. The van der Waals surface area contributed by atoms with Crippen LogP contribution in [-0.2, 0) is 0 Å². The monoisotopic (exact) mass is 384 g/mol. The summed E-state index contributed by atoms with van der Waals surface area (Å²) in [5.74, 6) is 1.07. The highest BCUT2D eigenvalue weighted by Gasteiger charge is 2.32. The smallest absolute Gasteiger partial charge is 0.405 e. The van der Waals surface area contributed by atoms with Crippen LogP contribution in [0.25, 0.3) is 0 Å². The van der Waals surface area contributed by atoms with Crippen LogP contribution in [0.4, 0.5) is 19.0 Å². The van der Waals surface area contributed by atoms with Gasteiger partial charge in [0.1, 0.15) is 16.6 Å². The molecule has 1 aromatic heterocycles. The van der Waals surface area contributed by atoms with Gasteiger partial charge in [0, 0.05) is 13.1 Å². The van der Waals surface area contributed by atoms with E-state index in [-0.39, 0.29) is 5.75 Å². The van der Waals surface area contributed by atoms with E-state index < -0.39 is 6.36 Å². The number of nitrogens with zero attached hydrogens (tertiary/aromatic N) is 3. The largest absolute Gasteiger partial charge is 0.573 e. The number of anilines is 1. The van der Waals surface area contributed by atoms with Gasteiger partial charge in [0.05, 0.1) is 17.3 Å². The van der Waals surface area contributed by atoms with Crippen molar-refractivity contribution in [2.24, 2.45) is 11.7 Å². The van der Waals surface area contributed by atoms with Crippen LogP contribution in [0.5, 0.6) is 5.75 Å². The third kappa shape index (κ3) is 5.01. The fourth-order valence-electron chi connectivity index (χ4n) is 2.78. The Labute approximate surface area is 153 Å². The van der Waals surface area contributed by atoms with Gasteiger partial charge >= 0.3 is 6.36 Å². The summed E-state index contributed by atoms with van der Waals surface area (Å²) in [7, 11) is 0. The summed E-state index contributed by atoms with van der Waals surface area (Å²) < 4.78 is 41.6. The van der Waals surface area contributed by atoms with Crippen molar-refractivity contribution >= 4 is 17.6 Å². The summed E-state index contributed by atoms with van der Waals surface area (Å²) >= 11 is 1.08. The van der Waals surface area contributed by atoms with Crippen LogP contribution in [0.2, 0.25) is 0 Å². The number of rotatable bonds is 5. The number of benzene rings is 1. The lowest BCUT2D eigenvalue weighted by Gasteiger charge is -2.31. The second-order valence-corrected chi connectivity index (χ2v) is 7.04. The molecule has 0 saturated carbocycles. The Hall–Kier alpha value is -2.00. The van der Waals surface area contributed by atoms with E-state index in [0.29, 0.717) is 22.4 Å². The van der Waals surface area contributed by atoms with Gasteiger partial charge in [-0.05, 0) is 37.4 Å². The molecule has 9 heteroatoms. The average molecular weight is 384 g/mol. The Bertz CT molecular complexity index is 719. The number of alkyl halides is 3. The molecule has 1 saturated heterocycles. The number of hydrogen-bond donors (Lipinski definition) is 1. The Morgan fingerprint density at radius 2 is 1.88 bits per heavy atom. The van der Waals surface area contributed by atoms with Gasteiger partial charge in [0.25, 0.3) is 0 Å². The van der Waals surface area contributed by atoms with Crippen molar-refractivity contribution in [3.05, 3.63) is 36.7 Å². The van der Waals surface area contributed by atoms with Crippen molar-refractivity contribution < 1.29 is 17.9 Å². The number of hydrogen-bond acceptors (Lipinski definition) is 6. The molecule has 0 radical (unpaired) electrons. The molecule has 1 aliphatic heterocycles. The predicted molar refractivity (Wildman–Crippen MR) is 93.3 cm³/mol. The van der Waals surface area contributed by atoms with Crippen LogP contribution in [0.3, 0.4) is 0 Å². The van der Waals surface area contributed by atoms with Crippen molar-refractivity contribution in [3.8, 4) is 5.75 Å². The van der Waals surface area contributed by atoms with E-state index >= 15 is 0 Å². The molecule has 3 rings (SSSR count). The van der Waals surface area contributed by atoms with Crippen molar-refractivity contribution in [1.29, 1.82) is 0 Å². The highest BCUT2D eigenvalue weighted by molar-refractivity contribution is 7.99. The first-order valence-electron chi connectivity index (χ1n) is 8.24.